The van der Waals surface area contributed by atoms with Gasteiger partial charge in [0.1, 0.15) is 11.6 Å². The molecule has 0 saturated carbocycles. The highest BCUT2D eigenvalue weighted by Gasteiger charge is 2.23. The van der Waals surface area contributed by atoms with Gasteiger partial charge in [0.2, 0.25) is 0 Å². The molecule has 3 aromatic rings. The van der Waals surface area contributed by atoms with Gasteiger partial charge in [0.25, 0.3) is 5.89 Å². The Kier molecular flexibility index (Phi) is 5.41. The Bertz CT molecular complexity index is 962. The van der Waals surface area contributed by atoms with E-state index in [1.807, 2.05) is 6.07 Å². The smallest absolute Gasteiger partial charge is 0.311 e. The fourth-order valence-electron chi connectivity index (χ4n) is 3.28. The number of hydrogen-bond acceptors (Lipinski definition) is 4. The van der Waals surface area contributed by atoms with Crippen LogP contribution in [0.5, 0.6) is 0 Å². The Labute approximate surface area is 167 Å². The Morgan fingerprint density at radius 2 is 1.96 bits per heavy atom. The normalized spacial score (nSPS) is 14.4. The molecule has 1 N–H and O–H groups in total. The van der Waals surface area contributed by atoms with Crippen molar-refractivity contribution in [2.45, 2.75) is 19.4 Å². The van der Waals surface area contributed by atoms with Crippen molar-refractivity contribution in [3.05, 3.63) is 82.3 Å². The van der Waals surface area contributed by atoms with Crippen LogP contribution in [0.15, 0.2) is 52.9 Å². The summed E-state index contributed by atoms with van der Waals surface area (Å²) in [4.78, 5) is 19.0. The second kappa shape index (κ2) is 8.12. The molecule has 0 unspecified atom stereocenters. The van der Waals surface area contributed by atoms with Gasteiger partial charge in [-0.15, -0.1) is 0 Å². The number of nitrogens with one attached hydrogen (secondary N) is 1. The zero-order valence-electron chi connectivity index (χ0n) is 15.1. The molecule has 2 heterocycles. The molecular weight excluding hydrogens is 381 g/mol. The molecule has 0 fully saturated rings. The lowest BCUT2D eigenvalue weighted by Crippen LogP contribution is -2.26. The summed E-state index contributed by atoms with van der Waals surface area (Å²) in [6.07, 6.45) is 1.34. The van der Waals surface area contributed by atoms with Crippen molar-refractivity contribution in [2.75, 3.05) is 18.4 Å². The number of benzene rings is 2. The summed E-state index contributed by atoms with van der Waals surface area (Å²) < 4.78 is 19.1. The van der Waals surface area contributed by atoms with E-state index in [4.69, 9.17) is 16.0 Å². The van der Waals surface area contributed by atoms with Crippen LogP contribution in [0.4, 0.5) is 10.1 Å². The summed E-state index contributed by atoms with van der Waals surface area (Å²) in [5.74, 6) is 0.200. The van der Waals surface area contributed by atoms with Gasteiger partial charge in [-0.05, 0) is 42.0 Å². The van der Waals surface area contributed by atoms with Crippen LogP contribution in [0.1, 0.15) is 27.7 Å². The number of halogens is 2. The van der Waals surface area contributed by atoms with Gasteiger partial charge in [0, 0.05) is 43.2 Å². The maximum Gasteiger partial charge on any atom is 0.311 e. The summed E-state index contributed by atoms with van der Waals surface area (Å²) in [5, 5.41) is 3.36. The molecular formula is C21H19ClFN3O2. The summed E-state index contributed by atoms with van der Waals surface area (Å²) in [6.45, 7) is 2.21. The van der Waals surface area contributed by atoms with Crippen LogP contribution in [0, 0.1) is 5.82 Å². The fourth-order valence-corrected chi connectivity index (χ4v) is 3.40. The first-order chi connectivity index (χ1) is 13.6. The molecule has 28 heavy (non-hydrogen) atoms. The minimum absolute atomic E-state index is 0.0681. The van der Waals surface area contributed by atoms with E-state index in [1.54, 1.807) is 36.4 Å². The highest BCUT2D eigenvalue weighted by atomic mass is 35.5. The van der Waals surface area contributed by atoms with E-state index in [-0.39, 0.29) is 17.6 Å². The Morgan fingerprint density at radius 3 is 2.75 bits per heavy atom. The predicted molar refractivity (Wildman–Crippen MR) is 105 cm³/mol. The molecule has 5 nitrogen and oxygen atoms in total. The summed E-state index contributed by atoms with van der Waals surface area (Å²) in [7, 11) is 0. The van der Waals surface area contributed by atoms with Gasteiger partial charge < -0.3 is 9.73 Å². The Balaban J connectivity index is 1.39. The molecule has 0 saturated heterocycles. The standard InChI is InChI=1S/C21H19ClFN3O2/c22-15-4-6-17(7-5-15)24-20(27)21-25-18-8-10-26(11-9-19(18)28-21)13-14-2-1-3-16(23)12-14/h1-7,12H,8-11,13H2,(H,24,27). The zero-order chi connectivity index (χ0) is 19.5. The number of anilines is 1. The first-order valence-corrected chi connectivity index (χ1v) is 9.47. The van der Waals surface area contributed by atoms with Crippen molar-refractivity contribution in [1.82, 2.24) is 9.88 Å². The Morgan fingerprint density at radius 1 is 1.18 bits per heavy atom. The Hall–Kier alpha value is -2.70. The summed E-state index contributed by atoms with van der Waals surface area (Å²) in [6, 6.07) is 13.5. The van der Waals surface area contributed by atoms with Crippen LogP contribution in [-0.2, 0) is 19.4 Å². The molecule has 1 aliphatic heterocycles. The first kappa shape index (κ1) is 18.7. The average Bonchev–Trinajstić information content (AvgIpc) is 3.00. The largest absolute Gasteiger partial charge is 0.437 e. The van der Waals surface area contributed by atoms with Crippen LogP contribution in [-0.4, -0.2) is 28.9 Å². The number of carbonyl (C=O) groups excluding carboxylic acids is 1. The van der Waals surface area contributed by atoms with E-state index in [0.717, 1.165) is 30.1 Å². The molecule has 1 aliphatic rings. The number of oxazole rings is 1. The zero-order valence-corrected chi connectivity index (χ0v) is 15.9. The van der Waals surface area contributed by atoms with E-state index >= 15 is 0 Å². The SMILES string of the molecule is O=C(Nc1ccc(Cl)cc1)c1nc2c(o1)CCN(Cc1cccc(F)c1)CC2. The molecule has 0 bridgehead atoms. The second-order valence-corrected chi connectivity index (χ2v) is 7.19. The van der Waals surface area contributed by atoms with Gasteiger partial charge in [0.05, 0.1) is 5.69 Å². The van der Waals surface area contributed by atoms with Gasteiger partial charge in [-0.1, -0.05) is 23.7 Å². The number of carbonyl (C=O) groups is 1. The van der Waals surface area contributed by atoms with Crippen LogP contribution in [0.25, 0.3) is 0 Å². The monoisotopic (exact) mass is 399 g/mol. The number of nitrogens with zero attached hydrogens (tertiary/aromatic N) is 2. The lowest BCUT2D eigenvalue weighted by atomic mass is 10.2. The van der Waals surface area contributed by atoms with E-state index in [1.165, 1.54) is 6.07 Å². The van der Waals surface area contributed by atoms with Gasteiger partial charge in [-0.25, -0.2) is 9.37 Å². The van der Waals surface area contributed by atoms with Crippen molar-refractivity contribution in [3.63, 3.8) is 0 Å². The van der Waals surface area contributed by atoms with Gasteiger partial charge in [0.15, 0.2) is 0 Å². The van der Waals surface area contributed by atoms with Gasteiger partial charge in [-0.2, -0.15) is 0 Å². The van der Waals surface area contributed by atoms with Crippen molar-refractivity contribution in [1.29, 1.82) is 0 Å². The molecule has 1 aromatic heterocycles. The van der Waals surface area contributed by atoms with E-state index in [9.17, 15) is 9.18 Å². The lowest BCUT2D eigenvalue weighted by Gasteiger charge is -2.19. The molecule has 0 spiro atoms. The summed E-state index contributed by atoms with van der Waals surface area (Å²) >= 11 is 5.85. The highest BCUT2D eigenvalue weighted by Crippen LogP contribution is 2.20. The third kappa shape index (κ3) is 4.40. The van der Waals surface area contributed by atoms with Gasteiger partial charge >= 0.3 is 5.91 Å². The molecule has 4 rings (SSSR count). The molecule has 7 heteroatoms. The number of fused-ring (bicyclic) bond motifs is 1. The fraction of sp³-hybridized carbons (Fsp3) is 0.238. The average molecular weight is 400 g/mol. The quantitative estimate of drug-likeness (QED) is 0.709. The van der Waals surface area contributed by atoms with E-state index in [0.29, 0.717) is 30.1 Å². The van der Waals surface area contributed by atoms with Crippen LogP contribution in [0.3, 0.4) is 0 Å². The maximum atomic E-state index is 13.4. The molecule has 0 atom stereocenters. The van der Waals surface area contributed by atoms with E-state index in [2.05, 4.69) is 15.2 Å². The summed E-state index contributed by atoms with van der Waals surface area (Å²) in [5.41, 5.74) is 2.38. The van der Waals surface area contributed by atoms with Crippen molar-refractivity contribution >= 4 is 23.2 Å². The van der Waals surface area contributed by atoms with Crippen molar-refractivity contribution in [2.24, 2.45) is 0 Å². The molecule has 2 aromatic carbocycles. The van der Waals surface area contributed by atoms with Crippen molar-refractivity contribution in [3.8, 4) is 0 Å². The third-order valence-electron chi connectivity index (χ3n) is 4.69. The number of hydrogen-bond donors (Lipinski definition) is 1. The number of aromatic nitrogens is 1. The topological polar surface area (TPSA) is 58.4 Å². The maximum absolute atomic E-state index is 13.4. The van der Waals surface area contributed by atoms with Crippen molar-refractivity contribution < 1.29 is 13.6 Å². The van der Waals surface area contributed by atoms with Crippen LogP contribution >= 0.6 is 11.6 Å². The lowest BCUT2D eigenvalue weighted by molar-refractivity contribution is 0.0988. The van der Waals surface area contributed by atoms with E-state index < -0.39 is 0 Å². The minimum Gasteiger partial charge on any atom is -0.437 e. The molecule has 144 valence electrons. The number of amides is 1. The molecule has 0 aliphatic carbocycles. The van der Waals surface area contributed by atoms with Crippen LogP contribution < -0.4 is 5.32 Å². The highest BCUT2D eigenvalue weighted by molar-refractivity contribution is 6.30. The minimum atomic E-state index is -0.382. The van der Waals surface area contributed by atoms with Crippen LogP contribution in [0.2, 0.25) is 5.02 Å². The van der Waals surface area contributed by atoms with Gasteiger partial charge in [-0.3, -0.25) is 9.69 Å². The molecule has 1 amide bonds. The number of rotatable bonds is 4. The second-order valence-electron chi connectivity index (χ2n) is 6.76. The predicted octanol–water partition coefficient (Wildman–Crippen LogP) is 4.32. The molecule has 0 radical (unpaired) electrons. The first-order valence-electron chi connectivity index (χ1n) is 9.09. The third-order valence-corrected chi connectivity index (χ3v) is 4.94.